The average Bonchev–Trinajstić information content (AvgIpc) is 2.59. The third-order valence-electron chi connectivity index (χ3n) is 4.53. The van der Waals surface area contributed by atoms with Crippen molar-refractivity contribution in [2.75, 3.05) is 23.4 Å². The summed E-state index contributed by atoms with van der Waals surface area (Å²) in [7, 11) is 0. The molecule has 5 nitrogen and oxygen atoms in total. The maximum atomic E-state index is 13.6. The van der Waals surface area contributed by atoms with Gasteiger partial charge in [-0.3, -0.25) is 14.5 Å². The summed E-state index contributed by atoms with van der Waals surface area (Å²) in [4.78, 5) is 26.1. The van der Waals surface area contributed by atoms with Crippen molar-refractivity contribution in [2.24, 2.45) is 0 Å². The molecule has 1 heterocycles. The fourth-order valence-corrected chi connectivity index (χ4v) is 2.86. The van der Waals surface area contributed by atoms with E-state index in [0.717, 1.165) is 5.56 Å². The topological polar surface area (TPSA) is 58.6 Å². The molecule has 1 aliphatic heterocycles. The number of rotatable bonds is 3. The lowest BCUT2D eigenvalue weighted by Crippen LogP contribution is -2.43. The van der Waals surface area contributed by atoms with Gasteiger partial charge in [-0.15, -0.1) is 0 Å². The van der Waals surface area contributed by atoms with Gasteiger partial charge in [-0.05, 0) is 47.7 Å². The third-order valence-corrected chi connectivity index (χ3v) is 4.53. The van der Waals surface area contributed by atoms with E-state index in [1.165, 1.54) is 11.0 Å². The number of ether oxygens (including phenoxy) is 1. The predicted octanol–water partition coefficient (Wildman–Crippen LogP) is 3.80. The maximum absolute atomic E-state index is 13.6. The number of carbonyl (C=O) groups excluding carboxylic acids is 2. The Hall–Kier alpha value is -2.89. The van der Waals surface area contributed by atoms with Crippen molar-refractivity contribution < 1.29 is 18.7 Å². The van der Waals surface area contributed by atoms with E-state index in [-0.39, 0.29) is 24.5 Å². The summed E-state index contributed by atoms with van der Waals surface area (Å²) in [5.74, 6) is -0.512. The van der Waals surface area contributed by atoms with Gasteiger partial charge in [0.25, 0.3) is 5.91 Å². The van der Waals surface area contributed by atoms with Crippen LogP contribution >= 0.6 is 0 Å². The molecule has 142 valence electrons. The molecule has 0 radical (unpaired) electrons. The highest BCUT2D eigenvalue weighted by atomic mass is 19.1. The molecule has 0 saturated heterocycles. The number of anilines is 2. The summed E-state index contributed by atoms with van der Waals surface area (Å²) in [5, 5.41) is 2.63. The highest BCUT2D eigenvalue weighted by Gasteiger charge is 2.28. The van der Waals surface area contributed by atoms with E-state index in [2.05, 4.69) is 26.1 Å². The zero-order chi connectivity index (χ0) is 19.8. The molecule has 0 aliphatic carbocycles. The molecule has 0 unspecified atom stereocenters. The quantitative estimate of drug-likeness (QED) is 0.894. The fourth-order valence-electron chi connectivity index (χ4n) is 2.86. The largest absolute Gasteiger partial charge is 0.482 e. The SMILES string of the molecule is Cc1ccc(NC(=O)CN2C(=O)COc3cc(C(C)(C)C)ccc32)cc1F. The van der Waals surface area contributed by atoms with Crippen LogP contribution < -0.4 is 15.0 Å². The molecule has 27 heavy (non-hydrogen) atoms. The molecule has 3 rings (SSSR count). The zero-order valence-corrected chi connectivity index (χ0v) is 15.9. The number of amides is 2. The van der Waals surface area contributed by atoms with Crippen molar-refractivity contribution in [1.29, 1.82) is 0 Å². The van der Waals surface area contributed by atoms with Crippen LogP contribution in [-0.2, 0) is 15.0 Å². The van der Waals surface area contributed by atoms with E-state index >= 15 is 0 Å². The number of aryl methyl sites for hydroxylation is 1. The third kappa shape index (κ3) is 4.10. The minimum atomic E-state index is -0.403. The Morgan fingerprint density at radius 3 is 2.63 bits per heavy atom. The first-order valence-electron chi connectivity index (χ1n) is 8.79. The summed E-state index contributed by atoms with van der Waals surface area (Å²) in [6.45, 7) is 7.64. The van der Waals surface area contributed by atoms with Crippen LogP contribution in [0.3, 0.4) is 0 Å². The van der Waals surface area contributed by atoms with Gasteiger partial charge in [0, 0.05) is 5.69 Å². The van der Waals surface area contributed by atoms with Crippen LogP contribution in [0.4, 0.5) is 15.8 Å². The van der Waals surface area contributed by atoms with Crippen molar-refractivity contribution in [1.82, 2.24) is 0 Å². The zero-order valence-electron chi connectivity index (χ0n) is 15.9. The second kappa shape index (κ2) is 7.02. The minimum Gasteiger partial charge on any atom is -0.482 e. The Kier molecular flexibility index (Phi) is 4.91. The highest BCUT2D eigenvalue weighted by molar-refractivity contribution is 6.05. The minimum absolute atomic E-state index is 0.0580. The lowest BCUT2D eigenvalue weighted by Gasteiger charge is -2.30. The molecule has 0 bridgehead atoms. The molecule has 2 aromatic rings. The van der Waals surface area contributed by atoms with Gasteiger partial charge >= 0.3 is 0 Å². The van der Waals surface area contributed by atoms with E-state index in [0.29, 0.717) is 22.7 Å². The van der Waals surface area contributed by atoms with Crippen molar-refractivity contribution >= 4 is 23.2 Å². The molecule has 2 aromatic carbocycles. The van der Waals surface area contributed by atoms with Crippen molar-refractivity contribution in [3.8, 4) is 5.75 Å². The second-order valence-corrected chi connectivity index (χ2v) is 7.71. The van der Waals surface area contributed by atoms with Crippen LogP contribution in [0.15, 0.2) is 36.4 Å². The van der Waals surface area contributed by atoms with Crippen LogP contribution in [-0.4, -0.2) is 25.0 Å². The molecule has 6 heteroatoms. The first-order valence-corrected chi connectivity index (χ1v) is 8.79. The Bertz CT molecular complexity index is 903. The normalized spacial score (nSPS) is 13.8. The van der Waals surface area contributed by atoms with Crippen LogP contribution in [0, 0.1) is 12.7 Å². The fraction of sp³-hybridized carbons (Fsp3) is 0.333. The van der Waals surface area contributed by atoms with E-state index < -0.39 is 11.7 Å². The van der Waals surface area contributed by atoms with Gasteiger partial charge in [-0.1, -0.05) is 32.9 Å². The standard InChI is InChI=1S/C21H23FN2O3/c1-13-5-7-15(10-16(13)22)23-19(25)11-24-17-8-6-14(21(2,3)4)9-18(17)27-12-20(24)26/h5-10H,11-12H2,1-4H3,(H,23,25). The Morgan fingerprint density at radius 1 is 1.22 bits per heavy atom. The number of fused-ring (bicyclic) bond motifs is 1. The Balaban J connectivity index is 1.79. The molecular weight excluding hydrogens is 347 g/mol. The molecule has 0 spiro atoms. The number of nitrogens with zero attached hydrogens (tertiary/aromatic N) is 1. The molecule has 1 aliphatic rings. The van der Waals surface area contributed by atoms with Gasteiger partial charge in [0.2, 0.25) is 5.91 Å². The first kappa shape index (κ1) is 18.9. The predicted molar refractivity (Wildman–Crippen MR) is 103 cm³/mol. The van der Waals surface area contributed by atoms with Crippen LogP contribution in [0.25, 0.3) is 0 Å². The summed E-state index contributed by atoms with van der Waals surface area (Å²) in [6.07, 6.45) is 0. The molecule has 0 saturated carbocycles. The Morgan fingerprint density at radius 2 is 1.96 bits per heavy atom. The second-order valence-electron chi connectivity index (χ2n) is 7.71. The monoisotopic (exact) mass is 370 g/mol. The number of halogens is 1. The summed E-state index contributed by atoms with van der Waals surface area (Å²) >= 11 is 0. The van der Waals surface area contributed by atoms with Crippen molar-refractivity contribution in [3.05, 3.63) is 53.3 Å². The van der Waals surface area contributed by atoms with Gasteiger partial charge < -0.3 is 10.1 Å². The number of benzene rings is 2. The number of carbonyl (C=O) groups is 2. The number of hydrogen-bond acceptors (Lipinski definition) is 3. The lowest BCUT2D eigenvalue weighted by atomic mass is 9.86. The van der Waals surface area contributed by atoms with Crippen molar-refractivity contribution in [3.63, 3.8) is 0 Å². The lowest BCUT2D eigenvalue weighted by molar-refractivity contribution is -0.123. The number of nitrogens with one attached hydrogen (secondary N) is 1. The molecular formula is C21H23FN2O3. The van der Waals surface area contributed by atoms with E-state index in [1.807, 2.05) is 12.1 Å². The van der Waals surface area contributed by atoms with Gasteiger partial charge in [0.15, 0.2) is 6.61 Å². The van der Waals surface area contributed by atoms with Crippen LogP contribution in [0.2, 0.25) is 0 Å². The molecule has 2 amide bonds. The molecule has 0 aromatic heterocycles. The van der Waals surface area contributed by atoms with E-state index in [4.69, 9.17) is 4.74 Å². The molecule has 1 N–H and O–H groups in total. The smallest absolute Gasteiger partial charge is 0.265 e. The van der Waals surface area contributed by atoms with Gasteiger partial charge in [-0.25, -0.2) is 4.39 Å². The van der Waals surface area contributed by atoms with E-state index in [9.17, 15) is 14.0 Å². The average molecular weight is 370 g/mol. The molecule has 0 fully saturated rings. The van der Waals surface area contributed by atoms with Crippen molar-refractivity contribution in [2.45, 2.75) is 33.1 Å². The maximum Gasteiger partial charge on any atom is 0.265 e. The van der Waals surface area contributed by atoms with Crippen LogP contribution in [0.5, 0.6) is 5.75 Å². The highest BCUT2D eigenvalue weighted by Crippen LogP contribution is 2.36. The number of hydrogen-bond donors (Lipinski definition) is 1. The summed E-state index contributed by atoms with van der Waals surface area (Å²) < 4.78 is 19.2. The summed E-state index contributed by atoms with van der Waals surface area (Å²) in [5.41, 5.74) is 2.43. The van der Waals surface area contributed by atoms with E-state index in [1.54, 1.807) is 25.1 Å². The summed E-state index contributed by atoms with van der Waals surface area (Å²) in [6, 6.07) is 10.1. The van der Waals surface area contributed by atoms with Gasteiger partial charge in [0.05, 0.1) is 5.69 Å². The first-order chi connectivity index (χ1) is 12.6. The Labute approximate surface area is 158 Å². The molecule has 0 atom stereocenters. The van der Waals surface area contributed by atoms with Crippen LogP contribution in [0.1, 0.15) is 31.9 Å². The van der Waals surface area contributed by atoms with Gasteiger partial charge in [-0.2, -0.15) is 0 Å². The van der Waals surface area contributed by atoms with Gasteiger partial charge in [0.1, 0.15) is 18.1 Å².